The third kappa shape index (κ3) is 3.91. The Kier molecular flexibility index (Phi) is 5.51. The number of carboxylic acid groups (broad SMARTS) is 1. The number of nitrogens with zero attached hydrogens (tertiary/aromatic N) is 2. The lowest BCUT2D eigenvalue weighted by Crippen LogP contribution is -2.71. The van der Waals surface area contributed by atoms with Crippen molar-refractivity contribution in [2.75, 3.05) is 13.2 Å². The van der Waals surface area contributed by atoms with Crippen LogP contribution in [0.4, 0.5) is 0 Å². The number of fused-ring (bicyclic) bond motifs is 1. The van der Waals surface area contributed by atoms with E-state index >= 15 is 0 Å². The van der Waals surface area contributed by atoms with E-state index in [1.54, 1.807) is 36.4 Å². The van der Waals surface area contributed by atoms with Crippen LogP contribution in [-0.2, 0) is 14.4 Å². The SMILES string of the molecule is O=C(COc1ccccc1)N[C@@H]1C(=O)N2C1CN(C(=O)c1cccc(Cl)c1)C2C(=O)O. The number of carbonyl (C=O) groups excluding carboxylic acids is 3. The summed E-state index contributed by atoms with van der Waals surface area (Å²) in [6, 6.07) is 13.3. The van der Waals surface area contributed by atoms with Crippen LogP contribution in [0.1, 0.15) is 10.4 Å². The maximum absolute atomic E-state index is 12.9. The number of aliphatic carboxylic acids is 1. The van der Waals surface area contributed by atoms with Crippen LogP contribution in [-0.4, -0.2) is 70.0 Å². The Morgan fingerprint density at radius 2 is 1.87 bits per heavy atom. The first kappa shape index (κ1) is 20.7. The zero-order valence-electron chi connectivity index (χ0n) is 16.1. The molecular formula is C21H18ClN3O6. The highest BCUT2D eigenvalue weighted by Crippen LogP contribution is 2.34. The van der Waals surface area contributed by atoms with E-state index in [0.717, 1.165) is 9.80 Å². The highest BCUT2D eigenvalue weighted by atomic mass is 35.5. The minimum atomic E-state index is -1.45. The number of benzene rings is 2. The minimum Gasteiger partial charge on any atom is -0.484 e. The number of para-hydroxylation sites is 1. The second kappa shape index (κ2) is 8.27. The number of amides is 3. The predicted molar refractivity (Wildman–Crippen MR) is 108 cm³/mol. The molecule has 2 N–H and O–H groups in total. The zero-order chi connectivity index (χ0) is 22.1. The quantitative estimate of drug-likeness (QED) is 0.643. The highest BCUT2D eigenvalue weighted by Gasteiger charge is 2.61. The summed E-state index contributed by atoms with van der Waals surface area (Å²) < 4.78 is 5.36. The van der Waals surface area contributed by atoms with Gasteiger partial charge in [0, 0.05) is 17.1 Å². The average molecular weight is 444 g/mol. The van der Waals surface area contributed by atoms with Crippen molar-refractivity contribution in [3.63, 3.8) is 0 Å². The largest absolute Gasteiger partial charge is 0.484 e. The van der Waals surface area contributed by atoms with E-state index in [0.29, 0.717) is 10.8 Å². The van der Waals surface area contributed by atoms with Gasteiger partial charge in [-0.2, -0.15) is 0 Å². The second-order valence-corrected chi connectivity index (χ2v) is 7.58. The molecule has 0 radical (unpaired) electrons. The molecule has 2 aliphatic heterocycles. The number of rotatable bonds is 6. The van der Waals surface area contributed by atoms with Gasteiger partial charge >= 0.3 is 5.97 Å². The van der Waals surface area contributed by atoms with Crippen LogP contribution in [0.2, 0.25) is 5.02 Å². The highest BCUT2D eigenvalue weighted by molar-refractivity contribution is 6.31. The van der Waals surface area contributed by atoms with Gasteiger partial charge in [0.05, 0.1) is 6.04 Å². The smallest absolute Gasteiger partial charge is 0.347 e. The van der Waals surface area contributed by atoms with Crippen LogP contribution in [0.15, 0.2) is 54.6 Å². The van der Waals surface area contributed by atoms with Crippen molar-refractivity contribution in [2.45, 2.75) is 18.2 Å². The van der Waals surface area contributed by atoms with E-state index < -0.39 is 41.9 Å². The topological polar surface area (TPSA) is 116 Å². The fraction of sp³-hybridized carbons (Fsp3) is 0.238. The molecule has 10 heteroatoms. The lowest BCUT2D eigenvalue weighted by molar-refractivity contribution is -0.163. The summed E-state index contributed by atoms with van der Waals surface area (Å²) in [5.41, 5.74) is 0.213. The molecule has 31 heavy (non-hydrogen) atoms. The molecule has 2 fully saturated rings. The van der Waals surface area contributed by atoms with Crippen molar-refractivity contribution in [3.8, 4) is 5.75 Å². The number of nitrogens with one attached hydrogen (secondary N) is 1. The fourth-order valence-electron chi connectivity index (χ4n) is 3.79. The Hall–Kier alpha value is -3.59. The maximum atomic E-state index is 12.9. The molecular weight excluding hydrogens is 426 g/mol. The number of hydrogen-bond donors (Lipinski definition) is 2. The van der Waals surface area contributed by atoms with Gasteiger partial charge in [0.15, 0.2) is 6.61 Å². The van der Waals surface area contributed by atoms with Gasteiger partial charge in [0.2, 0.25) is 12.1 Å². The molecule has 2 heterocycles. The van der Waals surface area contributed by atoms with Gasteiger partial charge in [0.1, 0.15) is 11.8 Å². The summed E-state index contributed by atoms with van der Waals surface area (Å²) in [6.07, 6.45) is -1.45. The van der Waals surface area contributed by atoms with Gasteiger partial charge in [-0.15, -0.1) is 0 Å². The summed E-state index contributed by atoms with van der Waals surface area (Å²) in [6.45, 7) is -0.327. The standard InChI is InChI=1S/C21H18ClN3O6/c22-13-6-4-5-12(9-13)19(27)24-10-15-17(20(28)25(15)18(24)21(29)30)23-16(26)11-31-14-7-2-1-3-8-14/h1-9,15,17-18H,10-11H2,(H,23,26)(H,29,30)/t15?,17-,18?/m0/s1. The Labute approximate surface area is 182 Å². The molecule has 3 amide bonds. The molecule has 2 aromatic carbocycles. The molecule has 9 nitrogen and oxygen atoms in total. The van der Waals surface area contributed by atoms with Crippen molar-refractivity contribution in [3.05, 3.63) is 65.2 Å². The predicted octanol–water partition coefficient (Wildman–Crippen LogP) is 0.981. The lowest BCUT2D eigenvalue weighted by atomic mass is 9.96. The van der Waals surface area contributed by atoms with Crippen LogP contribution >= 0.6 is 11.6 Å². The van der Waals surface area contributed by atoms with E-state index in [-0.39, 0.29) is 18.7 Å². The van der Waals surface area contributed by atoms with Gasteiger partial charge in [-0.05, 0) is 30.3 Å². The normalized spacial score (nSPS) is 21.8. The molecule has 2 unspecified atom stereocenters. The molecule has 2 aliphatic rings. The van der Waals surface area contributed by atoms with E-state index in [1.165, 1.54) is 12.1 Å². The maximum Gasteiger partial charge on any atom is 0.347 e. The molecule has 3 atom stereocenters. The number of hydrogen-bond acceptors (Lipinski definition) is 5. The minimum absolute atomic E-state index is 0.0292. The number of halogens is 1. The summed E-state index contributed by atoms with van der Waals surface area (Å²) >= 11 is 5.93. The van der Waals surface area contributed by atoms with Crippen molar-refractivity contribution in [2.24, 2.45) is 0 Å². The first-order chi connectivity index (χ1) is 14.9. The number of carbonyl (C=O) groups is 4. The van der Waals surface area contributed by atoms with E-state index in [4.69, 9.17) is 16.3 Å². The summed E-state index contributed by atoms with van der Waals surface area (Å²) in [7, 11) is 0. The molecule has 0 spiro atoms. The monoisotopic (exact) mass is 443 g/mol. The van der Waals surface area contributed by atoms with Gasteiger partial charge in [-0.25, -0.2) is 4.79 Å². The van der Waals surface area contributed by atoms with Crippen molar-refractivity contribution >= 4 is 35.3 Å². The number of β-lactam (4-membered cyclic amide) rings is 1. The average Bonchev–Trinajstić information content (AvgIpc) is 3.13. The summed E-state index contributed by atoms with van der Waals surface area (Å²) in [5, 5.41) is 12.5. The Morgan fingerprint density at radius 3 is 2.55 bits per heavy atom. The molecule has 2 saturated heterocycles. The van der Waals surface area contributed by atoms with Gasteiger partial charge < -0.3 is 25.0 Å². The third-order valence-electron chi connectivity index (χ3n) is 5.19. The zero-order valence-corrected chi connectivity index (χ0v) is 16.9. The first-order valence-electron chi connectivity index (χ1n) is 9.45. The molecule has 0 bridgehead atoms. The Balaban J connectivity index is 1.44. The van der Waals surface area contributed by atoms with Crippen molar-refractivity contribution < 1.29 is 29.0 Å². The Morgan fingerprint density at radius 1 is 1.13 bits per heavy atom. The summed E-state index contributed by atoms with van der Waals surface area (Å²) in [4.78, 5) is 51.7. The molecule has 0 aliphatic carbocycles. The molecule has 0 aromatic heterocycles. The number of ether oxygens (including phenoxy) is 1. The molecule has 0 saturated carbocycles. The van der Waals surface area contributed by atoms with Crippen LogP contribution in [0.25, 0.3) is 0 Å². The van der Waals surface area contributed by atoms with Crippen LogP contribution < -0.4 is 10.1 Å². The van der Waals surface area contributed by atoms with Crippen molar-refractivity contribution in [1.82, 2.24) is 15.1 Å². The third-order valence-corrected chi connectivity index (χ3v) is 5.42. The van der Waals surface area contributed by atoms with Crippen LogP contribution in [0.5, 0.6) is 5.75 Å². The van der Waals surface area contributed by atoms with E-state index in [9.17, 15) is 24.3 Å². The first-order valence-corrected chi connectivity index (χ1v) is 9.83. The van der Waals surface area contributed by atoms with Gasteiger partial charge in [0.25, 0.3) is 11.8 Å². The molecule has 2 aromatic rings. The lowest BCUT2D eigenvalue weighted by Gasteiger charge is -2.43. The van der Waals surface area contributed by atoms with E-state index in [1.807, 2.05) is 6.07 Å². The number of carboxylic acids is 1. The van der Waals surface area contributed by atoms with Gasteiger partial charge in [-0.1, -0.05) is 35.9 Å². The van der Waals surface area contributed by atoms with Crippen LogP contribution in [0.3, 0.4) is 0 Å². The molecule has 4 rings (SSSR count). The Bertz CT molecular complexity index is 1050. The second-order valence-electron chi connectivity index (χ2n) is 7.14. The fourth-order valence-corrected chi connectivity index (χ4v) is 3.98. The van der Waals surface area contributed by atoms with Gasteiger partial charge in [-0.3, -0.25) is 14.4 Å². The van der Waals surface area contributed by atoms with Crippen LogP contribution in [0, 0.1) is 0 Å². The summed E-state index contributed by atoms with van der Waals surface area (Å²) in [5.74, 6) is -2.47. The van der Waals surface area contributed by atoms with E-state index in [2.05, 4.69) is 5.32 Å². The molecule has 160 valence electrons. The van der Waals surface area contributed by atoms with Crippen molar-refractivity contribution in [1.29, 1.82) is 0 Å².